The maximum Gasteiger partial charge on any atom is 0.304 e. The Morgan fingerprint density at radius 1 is 1.00 bits per heavy atom. The van der Waals surface area contributed by atoms with Gasteiger partial charge in [-0.3, -0.25) is 4.79 Å². The topological polar surface area (TPSA) is 65.0 Å². The molecule has 2 aromatic carbocycles. The average molecular weight is 314 g/mol. The Morgan fingerprint density at radius 3 is 2.26 bits per heavy atom. The van der Waals surface area contributed by atoms with Crippen LogP contribution in [0.2, 0.25) is 0 Å². The lowest BCUT2D eigenvalue weighted by atomic mass is 9.86. The fourth-order valence-corrected chi connectivity index (χ4v) is 2.85. The number of rotatable bonds is 3. The van der Waals surface area contributed by atoms with Gasteiger partial charge in [0, 0.05) is 19.8 Å². The summed E-state index contributed by atoms with van der Waals surface area (Å²) in [6.45, 7) is 1.94. The number of aliphatic hydroxyl groups is 1. The van der Waals surface area contributed by atoms with Gasteiger partial charge in [-0.1, -0.05) is 42.0 Å². The Bertz CT molecular complexity index is 739. The van der Waals surface area contributed by atoms with Crippen molar-refractivity contribution in [3.05, 3.63) is 65.2 Å². The van der Waals surface area contributed by atoms with Crippen molar-refractivity contribution in [1.29, 1.82) is 0 Å². The Balaban J connectivity index is 2.26. The minimum absolute atomic E-state index is 0.247. The number of ether oxygens (including phenoxy) is 3. The van der Waals surface area contributed by atoms with Gasteiger partial charge in [-0.15, -0.1) is 0 Å². The normalized spacial score (nSPS) is 26.5. The first-order valence-corrected chi connectivity index (χ1v) is 7.21. The van der Waals surface area contributed by atoms with Crippen molar-refractivity contribution in [1.82, 2.24) is 0 Å². The van der Waals surface area contributed by atoms with Crippen LogP contribution in [0.25, 0.3) is 0 Å². The zero-order valence-corrected chi connectivity index (χ0v) is 13.2. The summed E-state index contributed by atoms with van der Waals surface area (Å²) in [6.07, 6.45) is 0. The standard InChI is InChI=1S/C18H18O5/c1-12-8-10-13(11-9-12)18(22-3)17(20,21-2)16(19)14-6-4-5-7-15(14)23-18/h4-11,20H,1-3H3/t17-,18-/m0/s1. The SMILES string of the molecule is CO[C@@]1(c2ccc(C)cc2)Oc2ccccc2C(=O)[C@]1(O)OC. The predicted molar refractivity (Wildman–Crippen MR) is 83.2 cm³/mol. The predicted octanol–water partition coefficient (Wildman–Crippen LogP) is 2.40. The Labute approximate surface area is 134 Å². The van der Waals surface area contributed by atoms with E-state index in [0.717, 1.165) is 5.56 Å². The third kappa shape index (κ3) is 2.09. The maximum absolute atomic E-state index is 12.8. The van der Waals surface area contributed by atoms with E-state index in [4.69, 9.17) is 14.2 Å². The minimum Gasteiger partial charge on any atom is -0.451 e. The molecule has 2 atom stereocenters. The molecule has 0 saturated heterocycles. The molecule has 0 spiro atoms. The van der Waals surface area contributed by atoms with Crippen molar-refractivity contribution in [2.24, 2.45) is 0 Å². The third-order valence-electron chi connectivity index (χ3n) is 4.15. The molecule has 0 unspecified atom stereocenters. The van der Waals surface area contributed by atoms with Crippen LogP contribution in [-0.2, 0) is 15.3 Å². The molecule has 5 heteroatoms. The fraction of sp³-hybridized carbons (Fsp3) is 0.278. The number of methoxy groups -OCH3 is 2. The van der Waals surface area contributed by atoms with Crippen LogP contribution in [0.1, 0.15) is 21.5 Å². The summed E-state index contributed by atoms with van der Waals surface area (Å²) in [6, 6.07) is 13.9. The van der Waals surface area contributed by atoms with Gasteiger partial charge in [0.2, 0.25) is 5.78 Å². The van der Waals surface area contributed by atoms with Crippen LogP contribution in [-0.4, -0.2) is 30.9 Å². The van der Waals surface area contributed by atoms with E-state index in [2.05, 4.69) is 0 Å². The fourth-order valence-electron chi connectivity index (χ4n) is 2.85. The Hall–Kier alpha value is -2.21. The van der Waals surface area contributed by atoms with Crippen LogP contribution in [0.4, 0.5) is 0 Å². The molecule has 1 N–H and O–H groups in total. The summed E-state index contributed by atoms with van der Waals surface area (Å²) in [7, 11) is 2.61. The highest BCUT2D eigenvalue weighted by atomic mass is 16.8. The molecule has 0 saturated carbocycles. The average Bonchev–Trinajstić information content (AvgIpc) is 2.59. The second-order valence-electron chi connectivity index (χ2n) is 5.46. The van der Waals surface area contributed by atoms with Crippen molar-refractivity contribution >= 4 is 5.78 Å². The molecule has 0 radical (unpaired) electrons. The quantitative estimate of drug-likeness (QED) is 0.881. The second kappa shape index (κ2) is 5.45. The molecule has 0 bridgehead atoms. The lowest BCUT2D eigenvalue weighted by Crippen LogP contribution is -2.64. The van der Waals surface area contributed by atoms with Gasteiger partial charge < -0.3 is 19.3 Å². The van der Waals surface area contributed by atoms with Crippen molar-refractivity contribution in [2.45, 2.75) is 18.5 Å². The number of benzene rings is 2. The number of aryl methyl sites for hydroxylation is 1. The number of hydrogen-bond acceptors (Lipinski definition) is 5. The molecule has 1 heterocycles. The minimum atomic E-state index is -2.30. The Morgan fingerprint density at radius 2 is 1.65 bits per heavy atom. The van der Waals surface area contributed by atoms with E-state index in [9.17, 15) is 9.90 Å². The van der Waals surface area contributed by atoms with E-state index in [1.807, 2.05) is 19.1 Å². The first-order chi connectivity index (χ1) is 11.0. The molecule has 0 aliphatic carbocycles. The molecule has 5 nitrogen and oxygen atoms in total. The van der Waals surface area contributed by atoms with Crippen LogP contribution in [0, 0.1) is 6.92 Å². The highest BCUT2D eigenvalue weighted by Crippen LogP contribution is 2.46. The van der Waals surface area contributed by atoms with Crippen LogP contribution < -0.4 is 4.74 Å². The third-order valence-corrected chi connectivity index (χ3v) is 4.15. The molecular formula is C18H18O5. The molecular weight excluding hydrogens is 296 g/mol. The van der Waals surface area contributed by atoms with E-state index in [1.165, 1.54) is 14.2 Å². The van der Waals surface area contributed by atoms with E-state index in [1.54, 1.807) is 36.4 Å². The number of hydrogen-bond donors (Lipinski definition) is 1. The van der Waals surface area contributed by atoms with Gasteiger partial charge >= 0.3 is 5.79 Å². The van der Waals surface area contributed by atoms with Gasteiger partial charge in [-0.05, 0) is 19.1 Å². The number of fused-ring (bicyclic) bond motifs is 1. The first-order valence-electron chi connectivity index (χ1n) is 7.21. The van der Waals surface area contributed by atoms with Crippen molar-refractivity contribution in [3.8, 4) is 5.75 Å². The van der Waals surface area contributed by atoms with Crippen LogP contribution in [0.5, 0.6) is 5.75 Å². The summed E-state index contributed by atoms with van der Waals surface area (Å²) in [4.78, 5) is 12.8. The van der Waals surface area contributed by atoms with Gasteiger partial charge in [0.1, 0.15) is 5.75 Å². The highest BCUT2D eigenvalue weighted by Gasteiger charge is 2.64. The van der Waals surface area contributed by atoms with Crippen molar-refractivity contribution in [3.63, 3.8) is 0 Å². The van der Waals surface area contributed by atoms with Crippen molar-refractivity contribution in [2.75, 3.05) is 14.2 Å². The zero-order valence-electron chi connectivity index (χ0n) is 13.2. The van der Waals surface area contributed by atoms with E-state index in [-0.39, 0.29) is 5.56 Å². The monoisotopic (exact) mass is 314 g/mol. The van der Waals surface area contributed by atoms with Gasteiger partial charge in [-0.2, -0.15) is 0 Å². The second-order valence-corrected chi connectivity index (χ2v) is 5.46. The molecule has 1 aliphatic rings. The lowest BCUT2D eigenvalue weighted by molar-refractivity contribution is -0.346. The number of para-hydroxylation sites is 1. The van der Waals surface area contributed by atoms with Crippen LogP contribution in [0.3, 0.4) is 0 Å². The molecule has 120 valence electrons. The lowest BCUT2D eigenvalue weighted by Gasteiger charge is -2.46. The molecule has 1 aliphatic heterocycles. The van der Waals surface area contributed by atoms with Gasteiger partial charge in [0.25, 0.3) is 5.79 Å². The molecule has 3 rings (SSSR count). The Kier molecular flexibility index (Phi) is 3.72. The summed E-state index contributed by atoms with van der Waals surface area (Å²) in [5.74, 6) is -4.36. The number of Topliss-reactive ketones (excluding diaryl/α,β-unsaturated/α-hetero) is 1. The molecule has 0 fully saturated rings. The smallest absolute Gasteiger partial charge is 0.304 e. The zero-order chi connectivity index (χ0) is 16.7. The number of ketones is 1. The number of carbonyl (C=O) groups excluding carboxylic acids is 1. The molecule has 0 aromatic heterocycles. The van der Waals surface area contributed by atoms with Gasteiger partial charge in [0.05, 0.1) is 5.56 Å². The van der Waals surface area contributed by atoms with Crippen LogP contribution in [0.15, 0.2) is 48.5 Å². The maximum atomic E-state index is 12.8. The summed E-state index contributed by atoms with van der Waals surface area (Å²) in [5.41, 5.74) is 1.76. The van der Waals surface area contributed by atoms with E-state index >= 15 is 0 Å². The summed E-state index contributed by atoms with van der Waals surface area (Å²) >= 11 is 0. The summed E-state index contributed by atoms with van der Waals surface area (Å²) < 4.78 is 16.7. The first kappa shape index (κ1) is 15.7. The van der Waals surface area contributed by atoms with Gasteiger partial charge in [0.15, 0.2) is 0 Å². The van der Waals surface area contributed by atoms with Crippen LogP contribution >= 0.6 is 0 Å². The molecule has 0 amide bonds. The molecule has 2 aromatic rings. The molecule has 23 heavy (non-hydrogen) atoms. The van der Waals surface area contributed by atoms with E-state index < -0.39 is 17.4 Å². The number of carbonyl (C=O) groups is 1. The largest absolute Gasteiger partial charge is 0.451 e. The van der Waals surface area contributed by atoms with E-state index in [0.29, 0.717) is 11.3 Å². The summed E-state index contributed by atoms with van der Waals surface area (Å²) in [5, 5.41) is 11.0. The van der Waals surface area contributed by atoms with Gasteiger partial charge in [-0.25, -0.2) is 0 Å². The highest BCUT2D eigenvalue weighted by molar-refractivity contribution is 6.05. The van der Waals surface area contributed by atoms with Crippen molar-refractivity contribution < 1.29 is 24.1 Å².